The highest BCUT2D eigenvalue weighted by Gasteiger charge is 2.47. The average Bonchev–Trinajstić information content (AvgIpc) is 3.75. The molecule has 6 aromatic rings. The second kappa shape index (κ2) is 20.4. The topological polar surface area (TPSA) is 149 Å². The van der Waals surface area contributed by atoms with Gasteiger partial charge in [-0.1, -0.05) is 72.8 Å². The van der Waals surface area contributed by atoms with Crippen molar-refractivity contribution >= 4 is 31.4 Å². The second-order valence-corrected chi connectivity index (χ2v) is 16.8. The SMILES string of the molecule is COc1ccc(C(c2ccccc2)(c2ccc(OC)cc2)N2C[C@@H](COP(OCCC#N)N(C(C)C)C(C)C)O[C@@H](n3cnc4c(NC(=O)c5ccccc5)ncnc43)C2)cc1. The van der Waals surface area contributed by atoms with E-state index in [4.69, 9.17) is 33.2 Å². The van der Waals surface area contributed by atoms with Gasteiger partial charge in [-0.2, -0.15) is 5.26 Å². The number of nitrogens with zero attached hydrogens (tertiary/aromatic N) is 7. The molecule has 1 unspecified atom stereocenters. The summed E-state index contributed by atoms with van der Waals surface area (Å²) in [4.78, 5) is 29.6. The van der Waals surface area contributed by atoms with Gasteiger partial charge in [-0.3, -0.25) is 14.3 Å². The van der Waals surface area contributed by atoms with Crippen LogP contribution < -0.4 is 14.8 Å². The van der Waals surface area contributed by atoms with Crippen LogP contribution in [0.1, 0.15) is 67.4 Å². The summed E-state index contributed by atoms with van der Waals surface area (Å²) in [6.45, 7) is 9.69. The van der Waals surface area contributed by atoms with Crippen molar-refractivity contribution in [2.45, 2.75) is 64.1 Å². The van der Waals surface area contributed by atoms with Crippen LogP contribution >= 0.6 is 8.53 Å². The Bertz CT molecular complexity index is 2360. The number of methoxy groups -OCH3 is 2. The minimum Gasteiger partial charge on any atom is -0.497 e. The number of fused-ring (bicyclic) bond motifs is 1. The summed E-state index contributed by atoms with van der Waals surface area (Å²) in [7, 11) is 1.76. The maximum atomic E-state index is 13.3. The lowest BCUT2D eigenvalue weighted by Crippen LogP contribution is -2.57. The van der Waals surface area contributed by atoms with E-state index in [2.05, 4.69) is 102 Å². The minimum atomic E-state index is -1.57. The number of nitrogens with one attached hydrogen (secondary N) is 1. The van der Waals surface area contributed by atoms with Gasteiger partial charge in [-0.15, -0.1) is 0 Å². The number of anilines is 1. The molecule has 0 aliphatic carbocycles. The third kappa shape index (κ3) is 9.49. The lowest BCUT2D eigenvalue weighted by atomic mass is 9.75. The van der Waals surface area contributed by atoms with Crippen LogP contribution in [0.5, 0.6) is 11.5 Å². The number of aromatic nitrogens is 4. The van der Waals surface area contributed by atoms with Crippen LogP contribution in [0.3, 0.4) is 0 Å². The average molecular weight is 857 g/mol. The van der Waals surface area contributed by atoms with Gasteiger partial charge in [0.2, 0.25) is 0 Å². The van der Waals surface area contributed by atoms with Crippen LogP contribution in [0.2, 0.25) is 0 Å². The molecule has 0 spiro atoms. The Balaban J connectivity index is 1.36. The lowest BCUT2D eigenvalue weighted by molar-refractivity contribution is -0.146. The number of morpholine rings is 1. The third-order valence-electron chi connectivity index (χ3n) is 10.8. The lowest BCUT2D eigenvalue weighted by Gasteiger charge is -2.50. The maximum Gasteiger partial charge on any atom is 0.259 e. The van der Waals surface area contributed by atoms with Gasteiger partial charge in [0.05, 0.1) is 57.9 Å². The summed E-state index contributed by atoms with van der Waals surface area (Å²) in [5.74, 6) is 1.45. The van der Waals surface area contributed by atoms with Gasteiger partial charge < -0.3 is 28.6 Å². The number of benzene rings is 4. The normalized spacial score (nSPS) is 16.4. The highest BCUT2D eigenvalue weighted by atomic mass is 31.2. The van der Waals surface area contributed by atoms with Crippen LogP contribution in [0.15, 0.2) is 122 Å². The predicted octanol–water partition coefficient (Wildman–Crippen LogP) is 8.58. The van der Waals surface area contributed by atoms with E-state index in [1.807, 2.05) is 53.1 Å². The van der Waals surface area contributed by atoms with Gasteiger partial charge in [-0.05, 0) is 80.8 Å². The van der Waals surface area contributed by atoms with E-state index in [0.29, 0.717) is 29.8 Å². The molecule has 0 bridgehead atoms. The smallest absolute Gasteiger partial charge is 0.259 e. The quantitative estimate of drug-likeness (QED) is 0.0501. The second-order valence-electron chi connectivity index (χ2n) is 15.4. The summed E-state index contributed by atoms with van der Waals surface area (Å²) in [5, 5.41) is 12.3. The van der Waals surface area contributed by atoms with Gasteiger partial charge in [0.25, 0.3) is 14.4 Å². The number of imidazole rings is 1. The van der Waals surface area contributed by atoms with Crippen molar-refractivity contribution in [3.05, 3.63) is 144 Å². The Morgan fingerprint density at radius 3 is 2.02 bits per heavy atom. The van der Waals surface area contributed by atoms with Crippen molar-refractivity contribution in [1.29, 1.82) is 5.26 Å². The molecular weight excluding hydrogens is 804 g/mol. The van der Waals surface area contributed by atoms with Crippen molar-refractivity contribution in [2.75, 3.05) is 45.8 Å². The minimum absolute atomic E-state index is 0.115. The van der Waals surface area contributed by atoms with E-state index in [9.17, 15) is 10.1 Å². The molecule has 1 fully saturated rings. The molecule has 1 aliphatic rings. The summed E-state index contributed by atoms with van der Waals surface area (Å²) < 4.78 is 35.6. The molecular formula is C47H53N8O6P. The standard InChI is InChI=1S/C47H53N8O6P/c1-33(2)55(34(3)4)62(59-27-13-26-48)60-30-41-28-53(29-42(61-41)54-32-51-43-44(49-31-50-45(43)54)52-46(56)35-14-9-7-10-15-35)47(36-16-11-8-12-17-36,37-18-22-39(57-5)23-19-37)38-20-24-40(58-6)25-21-38/h7-12,14-25,31-34,41-42H,13,27-30H2,1-6H3,(H,49,50,52,56)/t41-,42+,62?/m0/s1. The van der Waals surface area contributed by atoms with E-state index < -0.39 is 26.4 Å². The molecule has 0 saturated carbocycles. The molecule has 3 atom stereocenters. The molecule has 14 nitrogen and oxygen atoms in total. The highest BCUT2D eigenvalue weighted by molar-refractivity contribution is 7.44. The molecule has 1 N–H and O–H groups in total. The first kappa shape index (κ1) is 44.3. The van der Waals surface area contributed by atoms with Gasteiger partial charge in [-0.25, -0.2) is 19.6 Å². The fourth-order valence-corrected chi connectivity index (χ4v) is 9.75. The Hall–Kier alpha value is -5.78. The van der Waals surface area contributed by atoms with Crippen molar-refractivity contribution in [3.8, 4) is 17.6 Å². The molecule has 4 aromatic carbocycles. The monoisotopic (exact) mass is 856 g/mol. The van der Waals surface area contributed by atoms with Crippen LogP contribution in [-0.2, 0) is 19.3 Å². The first-order valence-corrected chi connectivity index (χ1v) is 21.8. The number of hydrogen-bond donors (Lipinski definition) is 1. The van der Waals surface area contributed by atoms with E-state index in [1.54, 1.807) is 32.7 Å². The molecule has 62 heavy (non-hydrogen) atoms. The predicted molar refractivity (Wildman–Crippen MR) is 239 cm³/mol. The number of hydrogen-bond acceptors (Lipinski definition) is 12. The zero-order chi connectivity index (χ0) is 43.6. The Morgan fingerprint density at radius 2 is 1.44 bits per heavy atom. The highest BCUT2D eigenvalue weighted by Crippen LogP contribution is 2.48. The molecule has 1 saturated heterocycles. The van der Waals surface area contributed by atoms with Crippen molar-refractivity contribution in [1.82, 2.24) is 29.1 Å². The van der Waals surface area contributed by atoms with Gasteiger partial charge >= 0.3 is 0 Å². The number of rotatable bonds is 18. The Morgan fingerprint density at radius 1 is 0.839 bits per heavy atom. The summed E-state index contributed by atoms with van der Waals surface area (Å²) in [5.41, 5.74) is 3.57. The first-order valence-electron chi connectivity index (χ1n) is 20.7. The molecule has 2 aromatic heterocycles. The van der Waals surface area contributed by atoms with E-state index in [1.165, 1.54) is 6.33 Å². The maximum absolute atomic E-state index is 13.3. The molecule has 15 heteroatoms. The third-order valence-corrected chi connectivity index (χ3v) is 12.9. The van der Waals surface area contributed by atoms with Crippen molar-refractivity contribution in [3.63, 3.8) is 0 Å². The molecule has 3 heterocycles. The first-order chi connectivity index (χ1) is 30.2. The number of carbonyl (C=O) groups excluding carboxylic acids is 1. The zero-order valence-corrected chi connectivity index (χ0v) is 36.8. The fraction of sp³-hybridized carbons (Fsp3) is 0.340. The number of amides is 1. The summed E-state index contributed by atoms with van der Waals surface area (Å²) in [6.07, 6.45) is 2.20. The Kier molecular flexibility index (Phi) is 14.6. The molecule has 1 amide bonds. The molecule has 322 valence electrons. The number of ether oxygens (including phenoxy) is 3. The van der Waals surface area contributed by atoms with Crippen LogP contribution in [0.25, 0.3) is 11.2 Å². The van der Waals surface area contributed by atoms with Crippen molar-refractivity contribution < 1.29 is 28.1 Å². The molecule has 0 radical (unpaired) electrons. The zero-order valence-electron chi connectivity index (χ0n) is 35.9. The number of nitriles is 1. The van der Waals surface area contributed by atoms with E-state index in [-0.39, 0.29) is 43.4 Å². The number of carbonyl (C=O) groups is 1. The van der Waals surface area contributed by atoms with Crippen LogP contribution in [0, 0.1) is 11.3 Å². The van der Waals surface area contributed by atoms with Gasteiger partial charge in [0.15, 0.2) is 17.0 Å². The van der Waals surface area contributed by atoms with Gasteiger partial charge in [0.1, 0.15) is 24.1 Å². The van der Waals surface area contributed by atoms with Crippen LogP contribution in [-0.4, -0.2) is 93.7 Å². The van der Waals surface area contributed by atoms with Gasteiger partial charge in [0, 0.05) is 30.7 Å². The summed E-state index contributed by atoms with van der Waals surface area (Å²) >= 11 is 0. The van der Waals surface area contributed by atoms with E-state index >= 15 is 0 Å². The Labute approximate surface area is 364 Å². The largest absolute Gasteiger partial charge is 0.497 e. The molecule has 7 rings (SSSR count). The fourth-order valence-electron chi connectivity index (χ4n) is 8.11. The van der Waals surface area contributed by atoms with E-state index in [0.717, 1.165) is 28.2 Å². The summed E-state index contributed by atoms with van der Waals surface area (Å²) in [6, 6.07) is 38.2. The van der Waals surface area contributed by atoms with Crippen molar-refractivity contribution in [2.24, 2.45) is 0 Å². The van der Waals surface area contributed by atoms with Crippen LogP contribution in [0.4, 0.5) is 5.82 Å². The molecule has 1 aliphatic heterocycles.